The SMILES string of the molecule is C#CC[C@H]1CN(c2nccnc2Nc2ccc(C(F)(F)F)cc2)CCN1. The number of benzene rings is 1. The van der Waals surface area contributed by atoms with Gasteiger partial charge in [0.05, 0.1) is 5.56 Å². The number of hydrogen-bond acceptors (Lipinski definition) is 5. The molecule has 0 aliphatic carbocycles. The van der Waals surface area contributed by atoms with E-state index in [4.69, 9.17) is 6.42 Å². The van der Waals surface area contributed by atoms with Gasteiger partial charge in [0.15, 0.2) is 11.6 Å². The number of hydrogen-bond donors (Lipinski definition) is 2. The fourth-order valence-electron chi connectivity index (χ4n) is 2.83. The van der Waals surface area contributed by atoms with E-state index in [1.807, 2.05) is 0 Å². The molecule has 0 spiro atoms. The Bertz CT molecular complexity index is 783. The Labute approximate surface area is 149 Å². The summed E-state index contributed by atoms with van der Waals surface area (Å²) in [4.78, 5) is 10.8. The zero-order chi connectivity index (χ0) is 18.6. The first-order chi connectivity index (χ1) is 12.5. The molecule has 5 nitrogen and oxygen atoms in total. The first-order valence-corrected chi connectivity index (χ1v) is 8.14. The molecule has 1 aromatic carbocycles. The van der Waals surface area contributed by atoms with Crippen molar-refractivity contribution < 1.29 is 13.2 Å². The number of aromatic nitrogens is 2. The third-order valence-electron chi connectivity index (χ3n) is 4.07. The van der Waals surface area contributed by atoms with Crippen molar-refractivity contribution in [3.63, 3.8) is 0 Å². The van der Waals surface area contributed by atoms with Gasteiger partial charge in [0.1, 0.15) is 0 Å². The molecule has 0 amide bonds. The van der Waals surface area contributed by atoms with E-state index in [2.05, 4.69) is 31.4 Å². The van der Waals surface area contributed by atoms with Crippen LogP contribution in [0.5, 0.6) is 0 Å². The zero-order valence-corrected chi connectivity index (χ0v) is 13.9. The maximum Gasteiger partial charge on any atom is 0.416 e. The van der Waals surface area contributed by atoms with Gasteiger partial charge in [-0.3, -0.25) is 0 Å². The molecular weight excluding hydrogens is 343 g/mol. The summed E-state index contributed by atoms with van der Waals surface area (Å²) in [6.07, 6.45) is 4.77. The van der Waals surface area contributed by atoms with Crippen LogP contribution in [0.1, 0.15) is 12.0 Å². The second-order valence-electron chi connectivity index (χ2n) is 5.93. The van der Waals surface area contributed by atoms with Crippen LogP contribution in [-0.2, 0) is 6.18 Å². The fraction of sp³-hybridized carbons (Fsp3) is 0.333. The number of alkyl halides is 3. The lowest BCUT2D eigenvalue weighted by atomic mass is 10.1. The molecule has 1 aromatic heterocycles. The van der Waals surface area contributed by atoms with Gasteiger partial charge in [-0.1, -0.05) is 0 Å². The topological polar surface area (TPSA) is 53.1 Å². The van der Waals surface area contributed by atoms with E-state index in [0.717, 1.165) is 25.2 Å². The van der Waals surface area contributed by atoms with Gasteiger partial charge in [0.2, 0.25) is 0 Å². The van der Waals surface area contributed by atoms with Gasteiger partial charge in [0, 0.05) is 50.2 Å². The molecule has 1 aliphatic rings. The van der Waals surface area contributed by atoms with E-state index in [0.29, 0.717) is 30.3 Å². The van der Waals surface area contributed by atoms with Crippen LogP contribution in [0, 0.1) is 12.3 Å². The number of anilines is 3. The summed E-state index contributed by atoms with van der Waals surface area (Å²) < 4.78 is 38.1. The van der Waals surface area contributed by atoms with Crippen molar-refractivity contribution in [3.8, 4) is 12.3 Å². The summed E-state index contributed by atoms with van der Waals surface area (Å²) in [5.41, 5.74) is -0.184. The van der Waals surface area contributed by atoms with Crippen molar-refractivity contribution in [2.24, 2.45) is 0 Å². The summed E-state index contributed by atoms with van der Waals surface area (Å²) in [7, 11) is 0. The minimum Gasteiger partial charge on any atom is -0.351 e. The van der Waals surface area contributed by atoms with Crippen LogP contribution < -0.4 is 15.5 Å². The Morgan fingerprint density at radius 1 is 1.23 bits per heavy atom. The molecule has 1 saturated heterocycles. The highest BCUT2D eigenvalue weighted by molar-refractivity contribution is 5.68. The highest BCUT2D eigenvalue weighted by Gasteiger charge is 2.30. The number of halogens is 3. The van der Waals surface area contributed by atoms with E-state index in [-0.39, 0.29) is 6.04 Å². The molecule has 2 aromatic rings. The minimum atomic E-state index is -4.36. The predicted octanol–water partition coefficient (Wildman–Crippen LogP) is 3.04. The lowest BCUT2D eigenvalue weighted by Gasteiger charge is -2.34. The molecule has 8 heteroatoms. The molecule has 2 heterocycles. The number of nitrogens with zero attached hydrogens (tertiary/aromatic N) is 3. The zero-order valence-electron chi connectivity index (χ0n) is 13.9. The molecule has 0 unspecified atom stereocenters. The Kier molecular flexibility index (Phi) is 5.28. The van der Waals surface area contributed by atoms with Crippen LogP contribution in [0.4, 0.5) is 30.5 Å². The van der Waals surface area contributed by atoms with Gasteiger partial charge < -0.3 is 15.5 Å². The van der Waals surface area contributed by atoms with Crippen LogP contribution in [0.3, 0.4) is 0 Å². The molecule has 26 heavy (non-hydrogen) atoms. The van der Waals surface area contributed by atoms with E-state index >= 15 is 0 Å². The quantitative estimate of drug-likeness (QED) is 0.820. The fourth-order valence-corrected chi connectivity index (χ4v) is 2.83. The molecule has 0 bridgehead atoms. The third kappa shape index (κ3) is 4.24. The highest BCUT2D eigenvalue weighted by Crippen LogP contribution is 2.31. The summed E-state index contributed by atoms with van der Waals surface area (Å²) in [5, 5.41) is 6.40. The van der Waals surface area contributed by atoms with Gasteiger partial charge in [-0.05, 0) is 24.3 Å². The van der Waals surface area contributed by atoms with Crippen molar-refractivity contribution in [1.29, 1.82) is 0 Å². The molecule has 0 radical (unpaired) electrons. The van der Waals surface area contributed by atoms with E-state index in [1.54, 1.807) is 6.20 Å². The maximum atomic E-state index is 12.7. The smallest absolute Gasteiger partial charge is 0.351 e. The van der Waals surface area contributed by atoms with Crippen molar-refractivity contribution in [3.05, 3.63) is 42.2 Å². The monoisotopic (exact) mass is 361 g/mol. The second-order valence-corrected chi connectivity index (χ2v) is 5.93. The molecule has 136 valence electrons. The number of piperazine rings is 1. The lowest BCUT2D eigenvalue weighted by Crippen LogP contribution is -2.51. The van der Waals surface area contributed by atoms with E-state index in [9.17, 15) is 13.2 Å². The first-order valence-electron chi connectivity index (χ1n) is 8.14. The molecule has 0 saturated carbocycles. The van der Waals surface area contributed by atoms with Crippen molar-refractivity contribution >= 4 is 17.3 Å². The molecule has 1 aliphatic heterocycles. The van der Waals surface area contributed by atoms with Crippen LogP contribution in [0.25, 0.3) is 0 Å². The van der Waals surface area contributed by atoms with Gasteiger partial charge in [0.25, 0.3) is 0 Å². The maximum absolute atomic E-state index is 12.7. The average Bonchev–Trinajstić information content (AvgIpc) is 2.62. The van der Waals surface area contributed by atoms with Gasteiger partial charge in [-0.2, -0.15) is 13.2 Å². The molecule has 1 atom stereocenters. The van der Waals surface area contributed by atoms with Crippen molar-refractivity contribution in [2.75, 3.05) is 29.9 Å². The standard InChI is InChI=1S/C18H18F3N5/c1-2-3-15-12-26(11-10-22-15)17-16(23-8-9-24-17)25-14-6-4-13(5-7-14)18(19,20)21/h1,4-9,15,22H,3,10-12H2,(H,23,25)/t15-/m0/s1. The summed E-state index contributed by atoms with van der Waals surface area (Å²) in [5.74, 6) is 3.79. The summed E-state index contributed by atoms with van der Waals surface area (Å²) >= 11 is 0. The van der Waals surface area contributed by atoms with E-state index < -0.39 is 11.7 Å². The summed E-state index contributed by atoms with van der Waals surface area (Å²) in [6, 6.07) is 4.98. The number of terminal acetylenes is 1. The summed E-state index contributed by atoms with van der Waals surface area (Å²) in [6.45, 7) is 2.19. The van der Waals surface area contributed by atoms with Gasteiger partial charge in [-0.25, -0.2) is 9.97 Å². The van der Waals surface area contributed by atoms with Crippen LogP contribution in [0.2, 0.25) is 0 Å². The normalized spacial score (nSPS) is 17.6. The first kappa shape index (κ1) is 18.0. The third-order valence-corrected chi connectivity index (χ3v) is 4.07. The molecular formula is C18H18F3N5. The molecule has 3 rings (SSSR count). The Hall–Kier alpha value is -2.79. The van der Waals surface area contributed by atoms with Crippen LogP contribution in [-0.4, -0.2) is 35.6 Å². The molecule has 2 N–H and O–H groups in total. The van der Waals surface area contributed by atoms with Gasteiger partial charge >= 0.3 is 6.18 Å². The Morgan fingerprint density at radius 3 is 2.65 bits per heavy atom. The average molecular weight is 361 g/mol. The highest BCUT2D eigenvalue weighted by atomic mass is 19.4. The largest absolute Gasteiger partial charge is 0.416 e. The van der Waals surface area contributed by atoms with E-state index in [1.165, 1.54) is 18.3 Å². The van der Waals surface area contributed by atoms with Crippen LogP contribution in [0.15, 0.2) is 36.7 Å². The lowest BCUT2D eigenvalue weighted by molar-refractivity contribution is -0.137. The van der Waals surface area contributed by atoms with Crippen LogP contribution >= 0.6 is 0 Å². The minimum absolute atomic E-state index is 0.162. The van der Waals surface area contributed by atoms with Crippen molar-refractivity contribution in [2.45, 2.75) is 18.6 Å². The molecule has 1 fully saturated rings. The number of rotatable bonds is 4. The number of nitrogens with one attached hydrogen (secondary N) is 2. The van der Waals surface area contributed by atoms with Crippen molar-refractivity contribution in [1.82, 2.24) is 15.3 Å². The van der Waals surface area contributed by atoms with Gasteiger partial charge in [-0.15, -0.1) is 12.3 Å². The second kappa shape index (κ2) is 7.62. The predicted molar refractivity (Wildman–Crippen MR) is 94.2 cm³/mol. The Morgan fingerprint density at radius 2 is 1.96 bits per heavy atom. The Balaban J connectivity index is 1.78.